The first-order valence-electron chi connectivity index (χ1n) is 9.72. The van der Waals surface area contributed by atoms with Crippen molar-refractivity contribution in [2.45, 2.75) is 77.4 Å². The van der Waals surface area contributed by atoms with Gasteiger partial charge in [-0.1, -0.05) is 0 Å². The third-order valence-electron chi connectivity index (χ3n) is 5.52. The summed E-state index contributed by atoms with van der Waals surface area (Å²) >= 11 is 0. The van der Waals surface area contributed by atoms with E-state index in [9.17, 15) is 14.9 Å². The number of nitrogens with zero attached hydrogens (tertiary/aromatic N) is 3. The number of carbonyl (C=O) groups is 2. The van der Waals surface area contributed by atoms with Crippen LogP contribution in [0.2, 0.25) is 0 Å². The van der Waals surface area contributed by atoms with Gasteiger partial charge in [-0.3, -0.25) is 14.9 Å². The maximum Gasteiger partial charge on any atom is 0.254 e. The fraction of sp³-hybridized carbons (Fsp3) is 0.842. The molecule has 1 aliphatic carbocycles. The van der Waals surface area contributed by atoms with Gasteiger partial charge in [0.25, 0.3) is 5.91 Å². The number of amides is 2. The normalized spacial score (nSPS) is 24.8. The third kappa shape index (κ3) is 4.94. The Morgan fingerprint density at radius 1 is 1.20 bits per heavy atom. The van der Waals surface area contributed by atoms with Gasteiger partial charge in [0.15, 0.2) is 6.04 Å². The summed E-state index contributed by atoms with van der Waals surface area (Å²) in [6.07, 6.45) is 5.41. The number of nitrogens with one attached hydrogen (secondary N) is 1. The van der Waals surface area contributed by atoms with Gasteiger partial charge in [-0.25, -0.2) is 0 Å². The summed E-state index contributed by atoms with van der Waals surface area (Å²) in [5.74, 6) is 0.242. The number of hydrogen-bond donors (Lipinski definition) is 1. The van der Waals surface area contributed by atoms with Crippen LogP contribution in [0.15, 0.2) is 0 Å². The van der Waals surface area contributed by atoms with Crippen LogP contribution in [0.1, 0.15) is 59.3 Å². The third-order valence-corrected chi connectivity index (χ3v) is 5.52. The number of nitriles is 1. The van der Waals surface area contributed by atoms with Crippen LogP contribution in [0.5, 0.6) is 0 Å². The van der Waals surface area contributed by atoms with Gasteiger partial charge in [0.2, 0.25) is 5.91 Å². The zero-order valence-corrected chi connectivity index (χ0v) is 15.8. The lowest BCUT2D eigenvalue weighted by atomic mass is 9.84. The highest BCUT2D eigenvalue weighted by Gasteiger charge is 2.33. The molecule has 1 aliphatic heterocycles. The fourth-order valence-corrected chi connectivity index (χ4v) is 4.04. The molecule has 0 spiro atoms. The Labute approximate surface area is 151 Å². The van der Waals surface area contributed by atoms with Crippen molar-refractivity contribution in [2.75, 3.05) is 19.6 Å². The van der Waals surface area contributed by atoms with Crippen LogP contribution in [-0.2, 0) is 9.59 Å². The van der Waals surface area contributed by atoms with E-state index < -0.39 is 6.04 Å². The summed E-state index contributed by atoms with van der Waals surface area (Å²) in [4.78, 5) is 28.8. The Morgan fingerprint density at radius 2 is 1.80 bits per heavy atom. The lowest BCUT2D eigenvalue weighted by Crippen LogP contribution is -2.50. The number of rotatable bonds is 6. The first-order chi connectivity index (χ1) is 12.0. The maximum atomic E-state index is 12.6. The molecule has 25 heavy (non-hydrogen) atoms. The van der Waals surface area contributed by atoms with E-state index >= 15 is 0 Å². The molecule has 0 aromatic carbocycles. The Balaban J connectivity index is 1.84. The summed E-state index contributed by atoms with van der Waals surface area (Å²) in [7, 11) is 0. The van der Waals surface area contributed by atoms with Crippen LogP contribution in [0.3, 0.4) is 0 Å². The largest absolute Gasteiger partial charge is 0.340 e. The second kappa shape index (κ2) is 9.19. The fourth-order valence-electron chi connectivity index (χ4n) is 4.04. The van der Waals surface area contributed by atoms with E-state index in [1.54, 1.807) is 4.90 Å². The predicted molar refractivity (Wildman–Crippen MR) is 96.6 cm³/mol. The SMILES string of the molecule is CCN(C(=O)C1CCC(N[C@@H](C#N)C(=O)N2CCCC2)CC1)C(C)C. The Morgan fingerprint density at radius 3 is 2.28 bits per heavy atom. The Hall–Kier alpha value is -1.61. The quantitative estimate of drug-likeness (QED) is 0.795. The van der Waals surface area contributed by atoms with Crippen LogP contribution in [0, 0.1) is 17.2 Å². The minimum atomic E-state index is -0.752. The molecule has 1 saturated heterocycles. The molecule has 1 N–H and O–H groups in total. The van der Waals surface area contributed by atoms with Gasteiger partial charge in [0, 0.05) is 37.6 Å². The lowest BCUT2D eigenvalue weighted by molar-refractivity contribution is -0.138. The minimum absolute atomic E-state index is 0.0789. The summed E-state index contributed by atoms with van der Waals surface area (Å²) in [6, 6.07) is 1.75. The molecule has 6 heteroatoms. The average Bonchev–Trinajstić information content (AvgIpc) is 3.14. The van der Waals surface area contributed by atoms with Crippen molar-refractivity contribution in [3.63, 3.8) is 0 Å². The monoisotopic (exact) mass is 348 g/mol. The predicted octanol–water partition coefficient (Wildman–Crippen LogP) is 1.91. The van der Waals surface area contributed by atoms with E-state index in [0.29, 0.717) is 0 Å². The zero-order chi connectivity index (χ0) is 18.4. The van der Waals surface area contributed by atoms with Crippen LogP contribution in [-0.4, -0.2) is 59.4 Å². The molecule has 0 bridgehead atoms. The number of carbonyl (C=O) groups excluding carboxylic acids is 2. The molecule has 1 atom stereocenters. The van der Waals surface area contributed by atoms with Crippen LogP contribution in [0.4, 0.5) is 0 Å². The van der Waals surface area contributed by atoms with E-state index in [1.165, 1.54) is 0 Å². The number of hydrogen-bond acceptors (Lipinski definition) is 4. The molecule has 2 fully saturated rings. The van der Waals surface area contributed by atoms with Crippen molar-refractivity contribution < 1.29 is 9.59 Å². The molecule has 2 amide bonds. The highest BCUT2D eigenvalue weighted by atomic mass is 16.2. The molecular weight excluding hydrogens is 316 g/mol. The van der Waals surface area contributed by atoms with Crippen molar-refractivity contribution >= 4 is 11.8 Å². The van der Waals surface area contributed by atoms with Gasteiger partial charge >= 0.3 is 0 Å². The molecule has 0 unspecified atom stereocenters. The molecule has 0 aromatic heterocycles. The van der Waals surface area contributed by atoms with Gasteiger partial charge < -0.3 is 9.80 Å². The van der Waals surface area contributed by atoms with Gasteiger partial charge in [0.1, 0.15) is 0 Å². The van der Waals surface area contributed by atoms with E-state index in [2.05, 4.69) is 25.2 Å². The second-order valence-electron chi connectivity index (χ2n) is 7.53. The van der Waals surface area contributed by atoms with E-state index in [-0.39, 0.29) is 29.8 Å². The summed E-state index contributed by atoms with van der Waals surface area (Å²) in [5.41, 5.74) is 0. The molecular formula is C19H32N4O2. The van der Waals surface area contributed by atoms with Crippen molar-refractivity contribution in [1.29, 1.82) is 5.26 Å². The molecule has 1 heterocycles. The average molecular weight is 348 g/mol. The Bertz CT molecular complexity index is 500. The van der Waals surface area contributed by atoms with Gasteiger partial charge in [-0.2, -0.15) is 5.26 Å². The van der Waals surface area contributed by atoms with Crippen molar-refractivity contribution in [3.8, 4) is 6.07 Å². The zero-order valence-electron chi connectivity index (χ0n) is 15.8. The molecule has 6 nitrogen and oxygen atoms in total. The van der Waals surface area contributed by atoms with E-state index in [0.717, 1.165) is 58.2 Å². The molecule has 0 radical (unpaired) electrons. The maximum absolute atomic E-state index is 12.6. The second-order valence-corrected chi connectivity index (χ2v) is 7.53. The highest BCUT2D eigenvalue weighted by Crippen LogP contribution is 2.27. The first kappa shape index (κ1) is 19.7. The summed E-state index contributed by atoms with van der Waals surface area (Å²) in [5, 5.41) is 12.6. The van der Waals surface area contributed by atoms with Crippen molar-refractivity contribution in [2.24, 2.45) is 5.92 Å². The van der Waals surface area contributed by atoms with Gasteiger partial charge in [-0.15, -0.1) is 0 Å². The lowest BCUT2D eigenvalue weighted by Gasteiger charge is -2.34. The minimum Gasteiger partial charge on any atom is -0.340 e. The first-order valence-corrected chi connectivity index (χ1v) is 9.72. The van der Waals surface area contributed by atoms with E-state index in [4.69, 9.17) is 0 Å². The Kier molecular flexibility index (Phi) is 7.24. The van der Waals surface area contributed by atoms with Gasteiger partial charge in [0.05, 0.1) is 6.07 Å². The topological polar surface area (TPSA) is 76.4 Å². The van der Waals surface area contributed by atoms with Crippen LogP contribution >= 0.6 is 0 Å². The molecule has 2 rings (SSSR count). The van der Waals surface area contributed by atoms with Crippen LogP contribution < -0.4 is 5.32 Å². The summed E-state index contributed by atoms with van der Waals surface area (Å²) < 4.78 is 0. The van der Waals surface area contributed by atoms with Crippen molar-refractivity contribution in [3.05, 3.63) is 0 Å². The summed E-state index contributed by atoms with van der Waals surface area (Å²) in [6.45, 7) is 8.40. The van der Waals surface area contributed by atoms with Crippen LogP contribution in [0.25, 0.3) is 0 Å². The molecule has 140 valence electrons. The molecule has 2 aliphatic rings. The number of likely N-dealkylation sites (tertiary alicyclic amines) is 1. The highest BCUT2D eigenvalue weighted by molar-refractivity contribution is 5.84. The smallest absolute Gasteiger partial charge is 0.254 e. The van der Waals surface area contributed by atoms with Crippen molar-refractivity contribution in [1.82, 2.24) is 15.1 Å². The molecule has 1 saturated carbocycles. The molecule has 0 aromatic rings. The van der Waals surface area contributed by atoms with E-state index in [1.807, 2.05) is 11.8 Å². The van der Waals surface area contributed by atoms with Gasteiger partial charge in [-0.05, 0) is 59.3 Å². The standard InChI is InChI=1S/C19H32N4O2/c1-4-23(14(2)3)18(24)15-7-9-16(10-8-15)21-17(13-20)19(25)22-11-5-6-12-22/h14-17,21H,4-12H2,1-3H3/t15?,16?,17-/m0/s1.